The Morgan fingerprint density at radius 3 is 2.67 bits per heavy atom. The second kappa shape index (κ2) is 5.72. The second-order valence-corrected chi connectivity index (χ2v) is 6.31. The van der Waals surface area contributed by atoms with E-state index in [1.807, 2.05) is 18.2 Å². The molecular weight excluding hydrogens is 322 g/mol. The largest absolute Gasteiger partial charge is 0.352 e. The summed E-state index contributed by atoms with van der Waals surface area (Å²) in [7, 11) is 0. The molecule has 0 saturated carbocycles. The predicted molar refractivity (Wildman–Crippen MR) is 96.4 cm³/mol. The zero-order chi connectivity index (χ0) is 16.7. The minimum Gasteiger partial charge on any atom is -0.352 e. The summed E-state index contributed by atoms with van der Waals surface area (Å²) in [5.74, 6) is 0. The molecule has 0 radical (unpaired) electrons. The summed E-state index contributed by atoms with van der Waals surface area (Å²) in [6.45, 7) is 0. The van der Waals surface area contributed by atoms with E-state index in [4.69, 9.17) is 12.2 Å². The highest BCUT2D eigenvalue weighted by atomic mass is 32.1. The lowest BCUT2D eigenvalue weighted by Gasteiger charge is -2.35. The molecule has 6 heteroatoms. The Labute approximate surface area is 144 Å². The molecule has 1 aliphatic carbocycles. The minimum atomic E-state index is -0.334. The Hall–Kier alpha value is -2.73. The van der Waals surface area contributed by atoms with Crippen molar-refractivity contribution in [3.05, 3.63) is 80.9 Å². The van der Waals surface area contributed by atoms with Gasteiger partial charge in [0, 0.05) is 17.3 Å². The summed E-state index contributed by atoms with van der Waals surface area (Å²) in [5, 5.41) is 18.4. The van der Waals surface area contributed by atoms with Crippen LogP contribution in [0.5, 0.6) is 0 Å². The maximum atomic E-state index is 11.4. The summed E-state index contributed by atoms with van der Waals surface area (Å²) in [6.07, 6.45) is 1.76. The van der Waals surface area contributed by atoms with Crippen LogP contribution in [0.3, 0.4) is 0 Å². The van der Waals surface area contributed by atoms with Crippen LogP contribution in [0.2, 0.25) is 0 Å². The zero-order valence-corrected chi connectivity index (χ0v) is 13.6. The summed E-state index contributed by atoms with van der Waals surface area (Å²) in [6, 6.07) is 14.8. The van der Waals surface area contributed by atoms with Gasteiger partial charge in [-0.1, -0.05) is 36.4 Å². The molecular formula is C18H15N3O2S. The number of nitrogens with one attached hydrogen (secondary N) is 2. The van der Waals surface area contributed by atoms with E-state index in [1.54, 1.807) is 18.2 Å². The fraction of sp³-hybridized carbons (Fsp3) is 0.167. The molecule has 120 valence electrons. The standard InChI is InChI=1S/C18H15N3O2S/c22-21(23)15-8-4-3-7-13(15)17-14-10-9-11-5-1-2-6-12(11)16(14)19-18(24)20-17/h1-8,17H,9-10H2,(H2,19,20,24). The van der Waals surface area contributed by atoms with Crippen molar-refractivity contribution in [1.29, 1.82) is 0 Å². The average molecular weight is 337 g/mol. The monoisotopic (exact) mass is 337 g/mol. The van der Waals surface area contributed by atoms with Gasteiger partial charge in [-0.15, -0.1) is 0 Å². The van der Waals surface area contributed by atoms with Gasteiger partial charge in [0.05, 0.1) is 16.5 Å². The molecule has 5 nitrogen and oxygen atoms in total. The Morgan fingerprint density at radius 2 is 1.83 bits per heavy atom. The molecule has 4 rings (SSSR count). The smallest absolute Gasteiger partial charge is 0.275 e. The molecule has 2 aromatic carbocycles. The SMILES string of the molecule is O=[N+]([O-])c1ccccc1C1NC(=S)NC2=C1CCc1ccccc12. The van der Waals surface area contributed by atoms with Crippen molar-refractivity contribution in [2.75, 3.05) is 0 Å². The number of nitrogens with zero attached hydrogens (tertiary/aromatic N) is 1. The molecule has 0 amide bonds. The molecule has 2 N–H and O–H groups in total. The fourth-order valence-corrected chi connectivity index (χ4v) is 3.74. The molecule has 2 aliphatic rings. The number of para-hydroxylation sites is 1. The van der Waals surface area contributed by atoms with Gasteiger partial charge in [-0.3, -0.25) is 10.1 Å². The van der Waals surface area contributed by atoms with Crippen LogP contribution >= 0.6 is 12.2 Å². The van der Waals surface area contributed by atoms with Gasteiger partial charge in [-0.25, -0.2) is 0 Å². The highest BCUT2D eigenvalue weighted by Gasteiger charge is 2.33. The Kier molecular flexibility index (Phi) is 3.54. The Bertz CT molecular complexity index is 891. The first-order valence-corrected chi connectivity index (χ1v) is 8.18. The van der Waals surface area contributed by atoms with Crippen LogP contribution in [0.4, 0.5) is 5.69 Å². The first kappa shape index (κ1) is 14.8. The summed E-state index contributed by atoms with van der Waals surface area (Å²) in [4.78, 5) is 11.1. The first-order valence-electron chi connectivity index (χ1n) is 7.77. The predicted octanol–water partition coefficient (Wildman–Crippen LogP) is 3.47. The zero-order valence-electron chi connectivity index (χ0n) is 12.8. The fourth-order valence-electron chi connectivity index (χ4n) is 3.52. The lowest BCUT2D eigenvalue weighted by Crippen LogP contribution is -2.44. The Balaban J connectivity index is 1.89. The number of aryl methyl sites for hydroxylation is 1. The quantitative estimate of drug-likeness (QED) is 0.499. The number of benzene rings is 2. The molecule has 0 spiro atoms. The van der Waals surface area contributed by atoms with Crippen molar-refractivity contribution >= 4 is 28.7 Å². The minimum absolute atomic E-state index is 0.116. The van der Waals surface area contributed by atoms with Gasteiger partial charge in [0.25, 0.3) is 5.69 Å². The number of hydrogen-bond acceptors (Lipinski definition) is 3. The average Bonchev–Trinajstić information content (AvgIpc) is 2.61. The van der Waals surface area contributed by atoms with Gasteiger partial charge in [0.15, 0.2) is 5.11 Å². The van der Waals surface area contributed by atoms with Crippen LogP contribution in [0, 0.1) is 10.1 Å². The van der Waals surface area contributed by atoms with Crippen LogP contribution in [0.1, 0.15) is 29.2 Å². The molecule has 1 unspecified atom stereocenters. The van der Waals surface area contributed by atoms with E-state index >= 15 is 0 Å². The van der Waals surface area contributed by atoms with Gasteiger partial charge in [0.2, 0.25) is 0 Å². The van der Waals surface area contributed by atoms with Gasteiger partial charge < -0.3 is 10.6 Å². The number of thiocarbonyl (C=S) groups is 1. The van der Waals surface area contributed by atoms with Crippen LogP contribution in [-0.2, 0) is 6.42 Å². The van der Waals surface area contributed by atoms with E-state index in [-0.39, 0.29) is 16.7 Å². The maximum Gasteiger partial charge on any atom is 0.275 e. The number of nitro groups is 1. The van der Waals surface area contributed by atoms with Crippen LogP contribution < -0.4 is 10.6 Å². The number of hydrogen-bond donors (Lipinski definition) is 2. The van der Waals surface area contributed by atoms with E-state index in [0.29, 0.717) is 10.7 Å². The lowest BCUT2D eigenvalue weighted by molar-refractivity contribution is -0.385. The van der Waals surface area contributed by atoms with Crippen molar-refractivity contribution in [1.82, 2.24) is 10.6 Å². The number of fused-ring (bicyclic) bond motifs is 2. The van der Waals surface area contributed by atoms with E-state index in [0.717, 1.165) is 29.7 Å². The molecule has 0 bridgehead atoms. The van der Waals surface area contributed by atoms with Gasteiger partial charge >= 0.3 is 0 Å². The third-order valence-corrected chi connectivity index (χ3v) is 4.80. The van der Waals surface area contributed by atoms with E-state index in [1.165, 1.54) is 5.56 Å². The van der Waals surface area contributed by atoms with Crippen LogP contribution in [0.15, 0.2) is 54.1 Å². The molecule has 2 aromatic rings. The molecule has 0 aromatic heterocycles. The van der Waals surface area contributed by atoms with Crippen LogP contribution in [-0.4, -0.2) is 10.0 Å². The molecule has 1 heterocycles. The summed E-state index contributed by atoms with van der Waals surface area (Å²) < 4.78 is 0. The number of rotatable bonds is 2. The van der Waals surface area contributed by atoms with E-state index in [2.05, 4.69) is 22.8 Å². The molecule has 1 aliphatic heterocycles. The van der Waals surface area contributed by atoms with E-state index < -0.39 is 0 Å². The van der Waals surface area contributed by atoms with Crippen LogP contribution in [0.25, 0.3) is 5.70 Å². The van der Waals surface area contributed by atoms with Crippen molar-refractivity contribution in [2.24, 2.45) is 0 Å². The van der Waals surface area contributed by atoms with Gasteiger partial charge in [-0.2, -0.15) is 0 Å². The van der Waals surface area contributed by atoms with Gasteiger partial charge in [-0.05, 0) is 42.3 Å². The normalized spacial score (nSPS) is 19.0. The summed E-state index contributed by atoms with van der Waals surface area (Å²) >= 11 is 5.36. The van der Waals surface area contributed by atoms with E-state index in [9.17, 15) is 10.1 Å². The second-order valence-electron chi connectivity index (χ2n) is 5.90. The molecule has 24 heavy (non-hydrogen) atoms. The third kappa shape index (κ3) is 2.35. The number of nitro benzene ring substituents is 1. The molecule has 0 fully saturated rings. The lowest BCUT2D eigenvalue weighted by atomic mass is 9.82. The molecule has 1 atom stereocenters. The first-order chi connectivity index (χ1) is 11.6. The van der Waals surface area contributed by atoms with Crippen molar-refractivity contribution < 1.29 is 4.92 Å². The maximum absolute atomic E-state index is 11.4. The highest BCUT2D eigenvalue weighted by molar-refractivity contribution is 7.80. The topological polar surface area (TPSA) is 67.2 Å². The molecule has 0 saturated heterocycles. The van der Waals surface area contributed by atoms with Crippen molar-refractivity contribution in [3.8, 4) is 0 Å². The van der Waals surface area contributed by atoms with Gasteiger partial charge in [0.1, 0.15) is 0 Å². The van der Waals surface area contributed by atoms with Crippen molar-refractivity contribution in [2.45, 2.75) is 18.9 Å². The summed E-state index contributed by atoms with van der Waals surface area (Å²) in [5.41, 5.74) is 5.28. The third-order valence-electron chi connectivity index (χ3n) is 4.58. The highest BCUT2D eigenvalue weighted by Crippen LogP contribution is 2.40. The Morgan fingerprint density at radius 1 is 1.08 bits per heavy atom. The van der Waals surface area contributed by atoms with Crippen molar-refractivity contribution in [3.63, 3.8) is 0 Å².